The molecule has 1 rings (SSSR count). The lowest BCUT2D eigenvalue weighted by atomic mass is 9.82. The fourth-order valence-electron chi connectivity index (χ4n) is 1.74. The molecule has 0 atom stereocenters. The van der Waals surface area contributed by atoms with Crippen LogP contribution in [0.3, 0.4) is 0 Å². The number of hydrogen-bond donors (Lipinski definition) is 1. The predicted octanol–water partition coefficient (Wildman–Crippen LogP) is 1.46. The lowest BCUT2D eigenvalue weighted by Gasteiger charge is -2.24. The second-order valence-electron chi connectivity index (χ2n) is 3.51. The molecule has 1 aliphatic carbocycles. The first-order chi connectivity index (χ1) is 6.24. The Morgan fingerprint density at radius 2 is 2.00 bits per heavy atom. The summed E-state index contributed by atoms with van der Waals surface area (Å²) in [6.45, 7) is 0.586. The van der Waals surface area contributed by atoms with E-state index in [1.807, 2.05) is 0 Å². The normalized spacial score (nSPS) is 28.7. The summed E-state index contributed by atoms with van der Waals surface area (Å²) in [5.41, 5.74) is 0. The first kappa shape index (κ1) is 10.5. The van der Waals surface area contributed by atoms with Gasteiger partial charge in [0.15, 0.2) is 0 Å². The van der Waals surface area contributed by atoms with E-state index in [1.54, 1.807) is 0 Å². The van der Waals surface area contributed by atoms with Gasteiger partial charge in [0.05, 0.1) is 19.6 Å². The standard InChI is InChI=1S/C9H16O4/c1-12-13-6-7-2-4-8(5-3-7)9(10)11/h7-8H,2-6H2,1H3,(H,10,11). The van der Waals surface area contributed by atoms with Crippen LogP contribution in [0.15, 0.2) is 0 Å². The maximum atomic E-state index is 10.6. The second-order valence-corrected chi connectivity index (χ2v) is 3.51. The minimum atomic E-state index is -0.661. The number of carbonyl (C=O) groups is 1. The second kappa shape index (κ2) is 5.19. The van der Waals surface area contributed by atoms with Crippen LogP contribution in [0.5, 0.6) is 0 Å². The fourth-order valence-corrected chi connectivity index (χ4v) is 1.74. The first-order valence-corrected chi connectivity index (χ1v) is 4.62. The van der Waals surface area contributed by atoms with E-state index in [1.165, 1.54) is 7.11 Å². The van der Waals surface area contributed by atoms with E-state index in [-0.39, 0.29) is 5.92 Å². The van der Waals surface area contributed by atoms with Crippen molar-refractivity contribution in [2.75, 3.05) is 13.7 Å². The summed E-state index contributed by atoms with van der Waals surface area (Å²) in [6, 6.07) is 0. The van der Waals surface area contributed by atoms with Crippen LogP contribution in [0.2, 0.25) is 0 Å². The van der Waals surface area contributed by atoms with Gasteiger partial charge < -0.3 is 5.11 Å². The SMILES string of the molecule is COOCC1CCC(C(=O)O)CC1. The first-order valence-electron chi connectivity index (χ1n) is 4.62. The summed E-state index contributed by atoms with van der Waals surface area (Å²) in [6.07, 6.45) is 3.40. The molecule has 4 nitrogen and oxygen atoms in total. The number of aliphatic carboxylic acids is 1. The Balaban J connectivity index is 2.18. The van der Waals surface area contributed by atoms with E-state index in [0.717, 1.165) is 25.7 Å². The Bertz CT molecular complexity index is 161. The molecule has 0 spiro atoms. The van der Waals surface area contributed by atoms with Gasteiger partial charge in [-0.2, -0.15) is 0 Å². The van der Waals surface area contributed by atoms with Gasteiger partial charge in [0.2, 0.25) is 0 Å². The number of hydrogen-bond acceptors (Lipinski definition) is 3. The molecule has 0 heterocycles. The van der Waals surface area contributed by atoms with Crippen LogP contribution in [-0.2, 0) is 14.6 Å². The molecular weight excluding hydrogens is 172 g/mol. The number of rotatable bonds is 4. The van der Waals surface area contributed by atoms with Crippen LogP contribution >= 0.6 is 0 Å². The van der Waals surface area contributed by atoms with Crippen molar-refractivity contribution in [3.8, 4) is 0 Å². The average molecular weight is 188 g/mol. The molecule has 0 amide bonds. The Labute approximate surface area is 77.8 Å². The third kappa shape index (κ3) is 3.32. The molecule has 0 unspecified atom stereocenters. The molecule has 0 saturated heterocycles. The highest BCUT2D eigenvalue weighted by molar-refractivity contribution is 5.69. The van der Waals surface area contributed by atoms with Crippen LogP contribution in [0, 0.1) is 11.8 Å². The van der Waals surface area contributed by atoms with Crippen molar-refractivity contribution in [3.63, 3.8) is 0 Å². The molecule has 0 bridgehead atoms. The molecule has 1 N–H and O–H groups in total. The molecule has 0 radical (unpaired) electrons. The van der Waals surface area contributed by atoms with Crippen molar-refractivity contribution in [2.45, 2.75) is 25.7 Å². The van der Waals surface area contributed by atoms with Gasteiger partial charge in [-0.05, 0) is 31.6 Å². The third-order valence-corrected chi connectivity index (χ3v) is 2.62. The molecule has 0 aliphatic heterocycles. The topological polar surface area (TPSA) is 55.8 Å². The van der Waals surface area contributed by atoms with E-state index in [0.29, 0.717) is 12.5 Å². The molecule has 1 saturated carbocycles. The molecule has 1 aliphatic rings. The highest BCUT2D eigenvalue weighted by Gasteiger charge is 2.25. The van der Waals surface area contributed by atoms with Gasteiger partial charge in [-0.25, -0.2) is 9.78 Å². The van der Waals surface area contributed by atoms with Crippen molar-refractivity contribution < 1.29 is 19.7 Å². The zero-order valence-corrected chi connectivity index (χ0v) is 7.86. The van der Waals surface area contributed by atoms with Crippen molar-refractivity contribution in [1.29, 1.82) is 0 Å². The monoisotopic (exact) mass is 188 g/mol. The maximum Gasteiger partial charge on any atom is 0.306 e. The molecule has 76 valence electrons. The van der Waals surface area contributed by atoms with Crippen molar-refractivity contribution in [1.82, 2.24) is 0 Å². The maximum absolute atomic E-state index is 10.6. The Morgan fingerprint density at radius 1 is 1.38 bits per heavy atom. The van der Waals surface area contributed by atoms with Gasteiger partial charge in [-0.1, -0.05) is 0 Å². The predicted molar refractivity (Wildman–Crippen MR) is 46.0 cm³/mol. The summed E-state index contributed by atoms with van der Waals surface area (Å²) in [4.78, 5) is 19.9. The minimum Gasteiger partial charge on any atom is -0.481 e. The zero-order chi connectivity index (χ0) is 9.68. The zero-order valence-electron chi connectivity index (χ0n) is 7.86. The lowest BCUT2D eigenvalue weighted by molar-refractivity contribution is -0.281. The molecule has 0 aromatic rings. The van der Waals surface area contributed by atoms with E-state index in [4.69, 9.17) is 9.99 Å². The van der Waals surface area contributed by atoms with E-state index in [9.17, 15) is 4.79 Å². The van der Waals surface area contributed by atoms with Crippen LogP contribution < -0.4 is 0 Å². The van der Waals surface area contributed by atoms with E-state index >= 15 is 0 Å². The molecule has 0 aromatic heterocycles. The van der Waals surface area contributed by atoms with Gasteiger partial charge in [0.25, 0.3) is 0 Å². The smallest absolute Gasteiger partial charge is 0.306 e. The number of carboxylic acids is 1. The summed E-state index contributed by atoms with van der Waals surface area (Å²) >= 11 is 0. The average Bonchev–Trinajstić information content (AvgIpc) is 2.15. The molecule has 4 heteroatoms. The van der Waals surface area contributed by atoms with E-state index in [2.05, 4.69) is 4.89 Å². The lowest BCUT2D eigenvalue weighted by Crippen LogP contribution is -2.23. The van der Waals surface area contributed by atoms with Gasteiger partial charge in [0.1, 0.15) is 0 Å². The molecule has 1 fully saturated rings. The molecular formula is C9H16O4. The molecule has 0 aromatic carbocycles. The summed E-state index contributed by atoms with van der Waals surface area (Å²) < 4.78 is 0. The highest BCUT2D eigenvalue weighted by atomic mass is 17.2. The summed E-state index contributed by atoms with van der Waals surface area (Å²) in [7, 11) is 1.49. The van der Waals surface area contributed by atoms with Crippen molar-refractivity contribution >= 4 is 5.97 Å². The van der Waals surface area contributed by atoms with Gasteiger partial charge in [-0.3, -0.25) is 4.79 Å². The Hall–Kier alpha value is -0.610. The quantitative estimate of drug-likeness (QED) is 0.536. The molecule has 13 heavy (non-hydrogen) atoms. The van der Waals surface area contributed by atoms with Crippen LogP contribution in [0.25, 0.3) is 0 Å². The largest absolute Gasteiger partial charge is 0.481 e. The number of carboxylic acid groups (broad SMARTS) is 1. The van der Waals surface area contributed by atoms with E-state index < -0.39 is 5.97 Å². The Morgan fingerprint density at radius 3 is 2.46 bits per heavy atom. The van der Waals surface area contributed by atoms with Gasteiger partial charge >= 0.3 is 5.97 Å². The Kier molecular flexibility index (Phi) is 4.18. The van der Waals surface area contributed by atoms with Crippen LogP contribution in [0.4, 0.5) is 0 Å². The van der Waals surface area contributed by atoms with Crippen molar-refractivity contribution in [3.05, 3.63) is 0 Å². The summed E-state index contributed by atoms with van der Waals surface area (Å²) in [5.74, 6) is -0.333. The highest BCUT2D eigenvalue weighted by Crippen LogP contribution is 2.28. The third-order valence-electron chi connectivity index (χ3n) is 2.62. The van der Waals surface area contributed by atoms with Gasteiger partial charge in [-0.15, -0.1) is 0 Å². The van der Waals surface area contributed by atoms with Gasteiger partial charge in [0, 0.05) is 0 Å². The summed E-state index contributed by atoms with van der Waals surface area (Å²) in [5, 5.41) is 8.74. The fraction of sp³-hybridized carbons (Fsp3) is 0.889. The van der Waals surface area contributed by atoms with Crippen LogP contribution in [0.1, 0.15) is 25.7 Å². The minimum absolute atomic E-state index is 0.140. The van der Waals surface area contributed by atoms with Crippen LogP contribution in [-0.4, -0.2) is 24.8 Å². The van der Waals surface area contributed by atoms with Crippen molar-refractivity contribution in [2.24, 2.45) is 11.8 Å².